The molecule has 1 N–H and O–H groups in total. The minimum Gasteiger partial charge on any atom is -0.342 e. The Kier molecular flexibility index (Phi) is 6.25. The zero-order valence-electron chi connectivity index (χ0n) is 16.4. The number of nitrogens with one attached hydrogen (secondary N) is 1. The Morgan fingerprint density at radius 2 is 1.52 bits per heavy atom. The van der Waals surface area contributed by atoms with E-state index in [9.17, 15) is 4.79 Å². The van der Waals surface area contributed by atoms with Gasteiger partial charge in [0.05, 0.1) is 0 Å². The number of benzene rings is 3. The summed E-state index contributed by atoms with van der Waals surface area (Å²) >= 11 is 0. The zero-order valence-corrected chi connectivity index (χ0v) is 16.4. The molecule has 0 bridgehead atoms. The van der Waals surface area contributed by atoms with Gasteiger partial charge in [0, 0.05) is 19.1 Å². The predicted molar refractivity (Wildman–Crippen MR) is 113 cm³/mol. The van der Waals surface area contributed by atoms with Gasteiger partial charge in [0.2, 0.25) is 5.91 Å². The molecule has 0 unspecified atom stereocenters. The van der Waals surface area contributed by atoms with E-state index in [0.717, 1.165) is 5.56 Å². The number of nitrogens with zero attached hydrogens (tertiary/aromatic N) is 1. The van der Waals surface area contributed by atoms with Crippen LogP contribution >= 0.6 is 0 Å². The Morgan fingerprint density at radius 1 is 0.889 bits per heavy atom. The largest absolute Gasteiger partial charge is 0.342 e. The lowest BCUT2D eigenvalue weighted by Crippen LogP contribution is -2.41. The van der Waals surface area contributed by atoms with Gasteiger partial charge >= 0.3 is 0 Å². The van der Waals surface area contributed by atoms with Crippen molar-refractivity contribution >= 4 is 16.7 Å². The molecule has 0 aliphatic carbocycles. The third-order valence-corrected chi connectivity index (χ3v) is 5.16. The van der Waals surface area contributed by atoms with Crippen molar-refractivity contribution in [3.63, 3.8) is 0 Å². The lowest BCUT2D eigenvalue weighted by Gasteiger charge is -2.29. The maximum absolute atomic E-state index is 13.2. The summed E-state index contributed by atoms with van der Waals surface area (Å²) in [7, 11) is 0. The summed E-state index contributed by atoms with van der Waals surface area (Å²) in [6, 6.07) is 24.4. The first-order valence-corrected chi connectivity index (χ1v) is 9.73. The maximum Gasteiger partial charge on any atom is 0.244 e. The molecule has 3 heteroatoms. The number of hydrogen-bond donors (Lipinski definition) is 1. The van der Waals surface area contributed by atoms with Gasteiger partial charge in [-0.25, -0.2) is 0 Å². The highest BCUT2D eigenvalue weighted by Crippen LogP contribution is 2.27. The van der Waals surface area contributed by atoms with Gasteiger partial charge in [-0.1, -0.05) is 72.8 Å². The van der Waals surface area contributed by atoms with Crippen LogP contribution in [-0.2, 0) is 4.79 Å². The summed E-state index contributed by atoms with van der Waals surface area (Å²) in [5, 5.41) is 6.04. The summed E-state index contributed by atoms with van der Waals surface area (Å²) in [5.74, 6) is 0.123. The molecule has 1 amide bonds. The average Bonchev–Trinajstić information content (AvgIpc) is 2.72. The second-order valence-electron chi connectivity index (χ2n) is 6.81. The van der Waals surface area contributed by atoms with Crippen molar-refractivity contribution < 1.29 is 4.79 Å². The van der Waals surface area contributed by atoms with Crippen molar-refractivity contribution in [1.82, 2.24) is 10.2 Å². The molecule has 0 heterocycles. The highest BCUT2D eigenvalue weighted by Gasteiger charge is 2.26. The van der Waals surface area contributed by atoms with Crippen LogP contribution in [0.25, 0.3) is 10.8 Å². The van der Waals surface area contributed by atoms with Gasteiger partial charge in [-0.15, -0.1) is 0 Å². The molecular formula is C24H28N2O. The number of carbonyl (C=O) groups is 1. The zero-order chi connectivity index (χ0) is 19.2. The Bertz CT molecular complexity index is 882. The molecule has 3 aromatic carbocycles. The second-order valence-corrected chi connectivity index (χ2v) is 6.81. The van der Waals surface area contributed by atoms with Crippen LogP contribution in [0.3, 0.4) is 0 Å². The van der Waals surface area contributed by atoms with Crippen molar-refractivity contribution in [2.45, 2.75) is 32.9 Å². The highest BCUT2D eigenvalue weighted by atomic mass is 16.2. The van der Waals surface area contributed by atoms with E-state index in [1.54, 1.807) is 0 Å². The van der Waals surface area contributed by atoms with Gasteiger partial charge < -0.3 is 4.90 Å². The summed E-state index contributed by atoms with van der Waals surface area (Å²) in [4.78, 5) is 15.1. The second kappa shape index (κ2) is 8.83. The lowest BCUT2D eigenvalue weighted by molar-refractivity contribution is -0.133. The van der Waals surface area contributed by atoms with E-state index < -0.39 is 0 Å². The third kappa shape index (κ3) is 4.20. The van der Waals surface area contributed by atoms with Crippen LogP contribution in [0, 0.1) is 0 Å². The quantitative estimate of drug-likeness (QED) is 0.636. The van der Waals surface area contributed by atoms with Crippen molar-refractivity contribution in [2.24, 2.45) is 0 Å². The standard InChI is InChI=1S/C24H28N2O/c1-4-26(5-2)24(27)23(20-13-7-6-8-14-20)25-18(3)21-17-11-15-19-12-9-10-16-22(19)21/h6-18,23,25H,4-5H2,1-3H3/t18-,23+/m1/s1. The highest BCUT2D eigenvalue weighted by molar-refractivity contribution is 5.86. The minimum absolute atomic E-state index is 0.0424. The summed E-state index contributed by atoms with van der Waals surface area (Å²) in [6.45, 7) is 7.61. The van der Waals surface area contributed by atoms with Gasteiger partial charge in [-0.2, -0.15) is 0 Å². The van der Waals surface area contributed by atoms with E-state index in [1.807, 2.05) is 49.1 Å². The molecule has 0 aliphatic rings. The van der Waals surface area contributed by atoms with Gasteiger partial charge in [-0.3, -0.25) is 10.1 Å². The SMILES string of the molecule is CCN(CC)C(=O)[C@@H](N[C@H](C)c1cccc2ccccc12)c1ccccc1. The molecule has 3 aromatic rings. The van der Waals surface area contributed by atoms with E-state index >= 15 is 0 Å². The van der Waals surface area contributed by atoms with Crippen LogP contribution < -0.4 is 5.32 Å². The molecule has 27 heavy (non-hydrogen) atoms. The molecule has 3 rings (SSSR count). The van der Waals surface area contributed by atoms with E-state index in [4.69, 9.17) is 0 Å². The van der Waals surface area contributed by atoms with Crippen LogP contribution in [0.5, 0.6) is 0 Å². The molecule has 2 atom stereocenters. The first-order chi connectivity index (χ1) is 13.2. The Hall–Kier alpha value is -2.65. The van der Waals surface area contributed by atoms with E-state index in [-0.39, 0.29) is 18.0 Å². The first-order valence-electron chi connectivity index (χ1n) is 9.73. The fourth-order valence-electron chi connectivity index (χ4n) is 3.64. The fourth-order valence-corrected chi connectivity index (χ4v) is 3.64. The monoisotopic (exact) mass is 360 g/mol. The van der Waals surface area contributed by atoms with Crippen LogP contribution in [0.4, 0.5) is 0 Å². The minimum atomic E-state index is -0.361. The summed E-state index contributed by atoms with van der Waals surface area (Å²) < 4.78 is 0. The maximum atomic E-state index is 13.2. The number of amides is 1. The van der Waals surface area contributed by atoms with Crippen LogP contribution in [0.1, 0.15) is 44.0 Å². The van der Waals surface area contributed by atoms with Crippen molar-refractivity contribution in [3.05, 3.63) is 83.9 Å². The molecule has 0 fully saturated rings. The van der Waals surface area contributed by atoms with Crippen LogP contribution in [-0.4, -0.2) is 23.9 Å². The molecule has 0 radical (unpaired) electrons. The average molecular weight is 361 g/mol. The predicted octanol–water partition coefficient (Wildman–Crippen LogP) is 5.10. The number of fused-ring (bicyclic) bond motifs is 1. The van der Waals surface area contributed by atoms with Crippen LogP contribution in [0.15, 0.2) is 72.8 Å². The third-order valence-electron chi connectivity index (χ3n) is 5.16. The molecule has 0 aromatic heterocycles. The number of rotatable bonds is 7. The Morgan fingerprint density at radius 3 is 2.22 bits per heavy atom. The van der Waals surface area contributed by atoms with Gasteiger partial charge in [-0.05, 0) is 42.7 Å². The van der Waals surface area contributed by atoms with Gasteiger partial charge in [0.15, 0.2) is 0 Å². The smallest absolute Gasteiger partial charge is 0.244 e. The van der Waals surface area contributed by atoms with Gasteiger partial charge in [0.25, 0.3) is 0 Å². The Balaban J connectivity index is 1.94. The number of carbonyl (C=O) groups excluding carboxylic acids is 1. The number of hydrogen-bond acceptors (Lipinski definition) is 2. The molecule has 0 spiro atoms. The normalized spacial score (nSPS) is 13.3. The summed E-state index contributed by atoms with van der Waals surface area (Å²) in [6.07, 6.45) is 0. The van der Waals surface area contributed by atoms with Crippen molar-refractivity contribution in [3.8, 4) is 0 Å². The van der Waals surface area contributed by atoms with E-state index in [0.29, 0.717) is 13.1 Å². The molecule has 3 nitrogen and oxygen atoms in total. The summed E-state index contributed by atoms with van der Waals surface area (Å²) in [5.41, 5.74) is 2.21. The van der Waals surface area contributed by atoms with Crippen molar-refractivity contribution in [2.75, 3.05) is 13.1 Å². The Labute approximate surface area is 162 Å². The van der Waals surface area contributed by atoms with Crippen molar-refractivity contribution in [1.29, 1.82) is 0 Å². The fraction of sp³-hybridized carbons (Fsp3) is 0.292. The topological polar surface area (TPSA) is 32.3 Å². The first kappa shape index (κ1) is 19.1. The molecule has 0 aliphatic heterocycles. The van der Waals surface area contributed by atoms with E-state index in [1.165, 1.54) is 16.3 Å². The molecule has 140 valence electrons. The molecule has 0 saturated carbocycles. The molecule has 0 saturated heterocycles. The molecular weight excluding hydrogens is 332 g/mol. The lowest BCUT2D eigenvalue weighted by atomic mass is 9.97. The van der Waals surface area contributed by atoms with E-state index in [2.05, 4.69) is 54.7 Å². The van der Waals surface area contributed by atoms with Crippen LogP contribution in [0.2, 0.25) is 0 Å². The number of likely N-dealkylation sites (N-methyl/N-ethyl adjacent to an activating group) is 1. The van der Waals surface area contributed by atoms with Gasteiger partial charge in [0.1, 0.15) is 6.04 Å².